The lowest BCUT2D eigenvalue weighted by Crippen LogP contribution is -2.40. The minimum atomic E-state index is -0.355. The minimum absolute atomic E-state index is 0.236. The van der Waals surface area contributed by atoms with E-state index in [1.54, 1.807) is 7.05 Å². The van der Waals surface area contributed by atoms with Crippen molar-refractivity contribution in [1.29, 1.82) is 0 Å². The molecule has 0 bridgehead atoms. The first-order chi connectivity index (χ1) is 14.9. The van der Waals surface area contributed by atoms with Gasteiger partial charge in [-0.05, 0) is 36.1 Å². The number of rotatable bonds is 3. The molecule has 0 fully saturated rings. The van der Waals surface area contributed by atoms with Gasteiger partial charge in [0.2, 0.25) is 5.95 Å². The van der Waals surface area contributed by atoms with Crippen LogP contribution in [0.1, 0.15) is 18.1 Å². The van der Waals surface area contributed by atoms with Crippen molar-refractivity contribution >= 4 is 22.8 Å². The van der Waals surface area contributed by atoms with E-state index in [4.69, 9.17) is 4.98 Å². The van der Waals surface area contributed by atoms with Crippen LogP contribution in [-0.2, 0) is 20.1 Å². The van der Waals surface area contributed by atoms with Gasteiger partial charge in [-0.25, -0.2) is 4.79 Å². The maximum absolute atomic E-state index is 13.5. The normalized spacial score (nSPS) is 16.0. The maximum atomic E-state index is 13.5. The molecular formula is C24H25N5O2. The molecule has 0 amide bonds. The Labute approximate surface area is 179 Å². The largest absolute Gasteiger partial charge is 0.332 e. The Kier molecular flexibility index (Phi) is 4.54. The van der Waals surface area contributed by atoms with Crippen molar-refractivity contribution in [2.45, 2.75) is 26.9 Å². The fourth-order valence-electron chi connectivity index (χ4n) is 4.42. The van der Waals surface area contributed by atoms with Crippen LogP contribution in [0.4, 0.5) is 11.6 Å². The lowest BCUT2D eigenvalue weighted by molar-refractivity contribution is 0.458. The molecule has 7 nitrogen and oxygen atoms in total. The second-order valence-corrected chi connectivity index (χ2v) is 8.47. The van der Waals surface area contributed by atoms with E-state index in [1.165, 1.54) is 9.13 Å². The van der Waals surface area contributed by atoms with Gasteiger partial charge < -0.3 is 9.47 Å². The van der Waals surface area contributed by atoms with Gasteiger partial charge in [0.15, 0.2) is 11.2 Å². The number of nitrogens with zero attached hydrogens (tertiary/aromatic N) is 5. The van der Waals surface area contributed by atoms with Crippen molar-refractivity contribution < 1.29 is 0 Å². The Morgan fingerprint density at radius 3 is 2.55 bits per heavy atom. The average molecular weight is 415 g/mol. The highest BCUT2D eigenvalue weighted by Crippen LogP contribution is 2.33. The first kappa shape index (κ1) is 19.4. The highest BCUT2D eigenvalue weighted by Gasteiger charge is 2.29. The first-order valence-corrected chi connectivity index (χ1v) is 10.5. The van der Waals surface area contributed by atoms with Crippen molar-refractivity contribution in [3.05, 3.63) is 86.6 Å². The molecule has 1 aliphatic heterocycles. The number of anilines is 2. The topological polar surface area (TPSA) is 65.1 Å². The summed E-state index contributed by atoms with van der Waals surface area (Å²) in [5.41, 5.74) is 3.38. The van der Waals surface area contributed by atoms with Gasteiger partial charge in [0.05, 0.1) is 6.54 Å². The lowest BCUT2D eigenvalue weighted by Gasteiger charge is -2.33. The zero-order valence-electron chi connectivity index (χ0n) is 17.9. The molecule has 0 spiro atoms. The fraction of sp³-hybridized carbons (Fsp3) is 0.292. The summed E-state index contributed by atoms with van der Waals surface area (Å²) in [6.45, 7) is 5.96. The second kappa shape index (κ2) is 7.27. The van der Waals surface area contributed by atoms with E-state index >= 15 is 0 Å². The van der Waals surface area contributed by atoms with Crippen molar-refractivity contribution in [2.75, 3.05) is 11.4 Å². The summed E-state index contributed by atoms with van der Waals surface area (Å²) in [5.74, 6) is 1.04. The Morgan fingerprint density at radius 1 is 1.03 bits per heavy atom. The van der Waals surface area contributed by atoms with E-state index < -0.39 is 0 Å². The van der Waals surface area contributed by atoms with Crippen LogP contribution in [0.25, 0.3) is 11.2 Å². The summed E-state index contributed by atoms with van der Waals surface area (Å²) in [4.78, 5) is 33.5. The number of aryl methyl sites for hydroxylation is 2. The smallest absolute Gasteiger partial charge is 0.312 e. The number of benzene rings is 2. The Bertz CT molecular complexity index is 1400. The van der Waals surface area contributed by atoms with E-state index in [0.717, 1.165) is 23.4 Å². The summed E-state index contributed by atoms with van der Waals surface area (Å²) in [6.07, 6.45) is 0. The first-order valence-electron chi connectivity index (χ1n) is 10.5. The predicted octanol–water partition coefficient (Wildman–Crippen LogP) is 3.04. The van der Waals surface area contributed by atoms with Crippen molar-refractivity contribution in [1.82, 2.24) is 18.7 Å². The van der Waals surface area contributed by atoms with Gasteiger partial charge in [-0.15, -0.1) is 0 Å². The maximum Gasteiger partial charge on any atom is 0.332 e. The molecule has 0 N–H and O–H groups in total. The van der Waals surface area contributed by atoms with E-state index in [1.807, 2.05) is 41.0 Å². The molecule has 0 saturated carbocycles. The molecule has 3 heterocycles. The van der Waals surface area contributed by atoms with Crippen molar-refractivity contribution in [3.8, 4) is 0 Å². The van der Waals surface area contributed by atoms with Crippen molar-refractivity contribution in [3.63, 3.8) is 0 Å². The van der Waals surface area contributed by atoms with Gasteiger partial charge in [-0.1, -0.05) is 49.4 Å². The molecule has 158 valence electrons. The fourth-order valence-corrected chi connectivity index (χ4v) is 4.42. The average Bonchev–Trinajstić information content (AvgIpc) is 3.15. The second-order valence-electron chi connectivity index (χ2n) is 8.47. The molecule has 7 heteroatoms. The Hall–Kier alpha value is -3.61. The molecule has 5 rings (SSSR count). The SMILES string of the molecule is Cc1cccc(N2C[C@H](C)Cn3c2nc2c3c(=O)n(Cc3ccccc3)c(=O)n2C)c1. The molecule has 2 aromatic carbocycles. The molecule has 31 heavy (non-hydrogen) atoms. The minimum Gasteiger partial charge on any atom is -0.312 e. The number of imidazole rings is 1. The molecule has 0 radical (unpaired) electrons. The number of hydrogen-bond donors (Lipinski definition) is 0. The van der Waals surface area contributed by atoms with E-state index in [2.05, 4.69) is 36.9 Å². The van der Waals surface area contributed by atoms with Gasteiger partial charge in [-0.3, -0.25) is 13.9 Å². The monoisotopic (exact) mass is 415 g/mol. The quantitative estimate of drug-likeness (QED) is 0.516. The van der Waals surface area contributed by atoms with E-state index in [9.17, 15) is 9.59 Å². The molecule has 1 aliphatic rings. The summed E-state index contributed by atoms with van der Waals surface area (Å²) in [7, 11) is 1.69. The van der Waals surface area contributed by atoms with Crippen LogP contribution < -0.4 is 16.1 Å². The van der Waals surface area contributed by atoms with Crippen molar-refractivity contribution in [2.24, 2.45) is 13.0 Å². The zero-order chi connectivity index (χ0) is 21.7. The summed E-state index contributed by atoms with van der Waals surface area (Å²) in [5, 5.41) is 0. The predicted molar refractivity (Wildman–Crippen MR) is 122 cm³/mol. The molecule has 0 unspecified atom stereocenters. The highest BCUT2D eigenvalue weighted by molar-refractivity contribution is 5.77. The molecule has 4 aromatic rings. The Morgan fingerprint density at radius 2 is 1.81 bits per heavy atom. The summed E-state index contributed by atoms with van der Waals surface area (Å²) >= 11 is 0. The molecule has 0 saturated heterocycles. The summed E-state index contributed by atoms with van der Waals surface area (Å²) < 4.78 is 4.78. The van der Waals surface area contributed by atoms with Crippen LogP contribution >= 0.6 is 0 Å². The molecular weight excluding hydrogens is 390 g/mol. The van der Waals surface area contributed by atoms with Crippen LogP contribution in [0.15, 0.2) is 64.2 Å². The standard InChI is InChI=1S/C24H25N5O2/c1-16-8-7-11-19(12-16)27-13-17(2)14-28-20-21(25-23(27)28)26(3)24(31)29(22(20)30)15-18-9-5-4-6-10-18/h4-12,17H,13-15H2,1-3H3/t17-/m0/s1. The van der Waals surface area contributed by atoms with Crippen LogP contribution in [0, 0.1) is 12.8 Å². The summed E-state index contributed by atoms with van der Waals surface area (Å²) in [6, 6.07) is 17.8. The lowest BCUT2D eigenvalue weighted by atomic mass is 10.1. The van der Waals surface area contributed by atoms with Gasteiger partial charge in [0.1, 0.15) is 0 Å². The number of aromatic nitrogens is 4. The third-order valence-electron chi connectivity index (χ3n) is 5.94. The van der Waals surface area contributed by atoms with Crippen LogP contribution in [0.5, 0.6) is 0 Å². The van der Waals surface area contributed by atoms with Gasteiger partial charge in [0, 0.05) is 25.8 Å². The van der Waals surface area contributed by atoms with Gasteiger partial charge in [-0.2, -0.15) is 4.98 Å². The third-order valence-corrected chi connectivity index (χ3v) is 5.94. The molecule has 2 aromatic heterocycles. The third kappa shape index (κ3) is 3.17. The van der Waals surface area contributed by atoms with Gasteiger partial charge >= 0.3 is 5.69 Å². The van der Waals surface area contributed by atoms with Gasteiger partial charge in [0.25, 0.3) is 5.56 Å². The highest BCUT2D eigenvalue weighted by atomic mass is 16.2. The van der Waals surface area contributed by atoms with Crippen LogP contribution in [-0.4, -0.2) is 25.2 Å². The van der Waals surface area contributed by atoms with Crippen LogP contribution in [0.3, 0.4) is 0 Å². The zero-order valence-corrected chi connectivity index (χ0v) is 17.9. The van der Waals surface area contributed by atoms with E-state index in [-0.39, 0.29) is 17.8 Å². The number of fused-ring (bicyclic) bond motifs is 3. The van der Waals surface area contributed by atoms with Crippen LogP contribution in [0.2, 0.25) is 0 Å². The number of hydrogen-bond acceptors (Lipinski definition) is 4. The molecule has 0 aliphatic carbocycles. The Balaban J connectivity index is 1.74. The van der Waals surface area contributed by atoms with E-state index in [0.29, 0.717) is 29.6 Å². The molecule has 1 atom stereocenters.